The molecule has 10 nitrogen and oxygen atoms in total. The van der Waals surface area contributed by atoms with E-state index in [4.69, 9.17) is 0 Å². The fourth-order valence-corrected chi connectivity index (χ4v) is 3.95. The Morgan fingerprint density at radius 1 is 1.14 bits per heavy atom. The predicted octanol–water partition coefficient (Wildman–Crippen LogP) is 2.75. The number of anilines is 2. The summed E-state index contributed by atoms with van der Waals surface area (Å²) in [5.74, 6) is -0.442. The van der Waals surface area contributed by atoms with Crippen LogP contribution < -0.4 is 21.2 Å². The summed E-state index contributed by atoms with van der Waals surface area (Å²) in [6.45, 7) is 4.18. The van der Waals surface area contributed by atoms with E-state index in [2.05, 4.69) is 20.1 Å². The third-order valence-electron chi connectivity index (χ3n) is 5.66. The fraction of sp³-hybridized carbons (Fsp3) is 0.348. The Hall–Kier alpha value is -4.16. The highest BCUT2D eigenvalue weighted by Gasteiger charge is 2.31. The lowest BCUT2D eigenvalue weighted by Crippen LogP contribution is -2.40. The average molecular weight is 504 g/mol. The normalized spacial score (nSPS) is 13.3. The van der Waals surface area contributed by atoms with Crippen molar-refractivity contribution in [2.24, 2.45) is 0 Å². The molecule has 0 fully saturated rings. The van der Waals surface area contributed by atoms with Gasteiger partial charge in [0.25, 0.3) is 11.1 Å². The second-order valence-electron chi connectivity index (χ2n) is 8.19. The van der Waals surface area contributed by atoms with E-state index in [1.807, 2.05) is 6.92 Å². The van der Waals surface area contributed by atoms with E-state index in [1.165, 1.54) is 41.0 Å². The molecule has 3 heterocycles. The highest BCUT2D eigenvalue weighted by molar-refractivity contribution is 5.74. The van der Waals surface area contributed by atoms with E-state index in [-0.39, 0.29) is 35.2 Å². The number of nitrogens with one attached hydrogen (secondary N) is 1. The predicted molar refractivity (Wildman–Crippen MR) is 123 cm³/mol. The van der Waals surface area contributed by atoms with Crippen molar-refractivity contribution in [3.8, 4) is 11.4 Å². The molecule has 4 rings (SSSR count). The summed E-state index contributed by atoms with van der Waals surface area (Å²) >= 11 is 0. The molecular weight excluding hydrogens is 481 g/mol. The van der Waals surface area contributed by atoms with Gasteiger partial charge in [0.15, 0.2) is 5.82 Å². The van der Waals surface area contributed by atoms with Gasteiger partial charge in [0, 0.05) is 31.1 Å². The molecule has 1 aromatic carbocycles. The first-order chi connectivity index (χ1) is 17.1. The highest BCUT2D eigenvalue weighted by Crippen LogP contribution is 2.26. The van der Waals surface area contributed by atoms with Crippen molar-refractivity contribution in [1.29, 1.82) is 0 Å². The van der Waals surface area contributed by atoms with Crippen LogP contribution in [0.1, 0.15) is 31.4 Å². The second kappa shape index (κ2) is 9.84. The molecule has 2 aromatic heterocycles. The van der Waals surface area contributed by atoms with Crippen molar-refractivity contribution < 1.29 is 22.7 Å². The van der Waals surface area contributed by atoms with Crippen LogP contribution in [0.15, 0.2) is 46.4 Å². The van der Waals surface area contributed by atoms with Crippen molar-refractivity contribution in [2.45, 2.75) is 46.1 Å². The van der Waals surface area contributed by atoms with Gasteiger partial charge in [-0.2, -0.15) is 4.68 Å². The molecule has 0 saturated heterocycles. The molecular formula is C23H23F3N6O4. The maximum absolute atomic E-state index is 13.4. The SMILES string of the molecule is CCCn1cncc(Nc2nn(-c3ccc(OC(F)(F)F)cc3)c(=O)c3c2CCN(C(C)=O)C3)c1=O. The topological polar surface area (TPSA) is 111 Å². The Morgan fingerprint density at radius 2 is 1.86 bits per heavy atom. The summed E-state index contributed by atoms with van der Waals surface area (Å²) in [6.07, 6.45) is -1.03. The third kappa shape index (κ3) is 5.24. The molecule has 3 aromatic rings. The summed E-state index contributed by atoms with van der Waals surface area (Å²) in [5, 5.41) is 7.37. The zero-order chi connectivity index (χ0) is 26.0. The van der Waals surface area contributed by atoms with Crippen LogP contribution in [0, 0.1) is 0 Å². The van der Waals surface area contributed by atoms with Crippen molar-refractivity contribution in [3.05, 3.63) is 68.6 Å². The Kier molecular flexibility index (Phi) is 6.82. The number of carbonyl (C=O) groups excluding carboxylic acids is 1. The molecule has 0 saturated carbocycles. The second-order valence-corrected chi connectivity index (χ2v) is 8.19. The maximum atomic E-state index is 13.4. The molecule has 0 aliphatic carbocycles. The Balaban J connectivity index is 1.81. The van der Waals surface area contributed by atoms with Gasteiger partial charge < -0.3 is 15.0 Å². The van der Waals surface area contributed by atoms with Crippen LogP contribution in [0.2, 0.25) is 0 Å². The minimum absolute atomic E-state index is 0.0308. The van der Waals surface area contributed by atoms with E-state index >= 15 is 0 Å². The number of aromatic nitrogens is 4. The van der Waals surface area contributed by atoms with E-state index < -0.39 is 17.7 Å². The van der Waals surface area contributed by atoms with Gasteiger partial charge in [-0.25, -0.2) is 4.98 Å². The fourth-order valence-electron chi connectivity index (χ4n) is 3.95. The molecule has 0 atom stereocenters. The van der Waals surface area contributed by atoms with E-state index in [0.29, 0.717) is 30.6 Å². The number of fused-ring (bicyclic) bond motifs is 1. The number of halogens is 3. The minimum atomic E-state index is -4.86. The standard InChI is InChI=1S/C23H23F3N6O4/c1-3-9-31-13-27-11-19(22(31)35)28-20-17-8-10-30(14(2)33)12-18(17)21(34)32(29-20)15-4-6-16(7-5-15)36-23(24,25)26/h4-7,11,13H,3,8-10,12H2,1-2H3,(H,28,29). The van der Waals surface area contributed by atoms with Gasteiger partial charge in [-0.15, -0.1) is 18.3 Å². The first-order valence-electron chi connectivity index (χ1n) is 11.2. The number of benzene rings is 1. The van der Waals surface area contributed by atoms with Crippen LogP contribution in [0.3, 0.4) is 0 Å². The van der Waals surface area contributed by atoms with Crippen LogP contribution in [-0.4, -0.2) is 43.0 Å². The largest absolute Gasteiger partial charge is 0.573 e. The molecule has 190 valence electrons. The lowest BCUT2D eigenvalue weighted by atomic mass is 10.0. The van der Waals surface area contributed by atoms with Gasteiger partial charge >= 0.3 is 6.36 Å². The molecule has 0 bridgehead atoms. The number of rotatable bonds is 6. The van der Waals surface area contributed by atoms with Gasteiger partial charge in [0.2, 0.25) is 5.91 Å². The number of nitrogens with zero attached hydrogens (tertiary/aromatic N) is 5. The van der Waals surface area contributed by atoms with Crippen molar-refractivity contribution in [2.75, 3.05) is 11.9 Å². The molecule has 0 spiro atoms. The number of ether oxygens (including phenoxy) is 1. The quantitative estimate of drug-likeness (QED) is 0.550. The zero-order valence-electron chi connectivity index (χ0n) is 19.5. The summed E-state index contributed by atoms with van der Waals surface area (Å²) < 4.78 is 43.9. The number of amides is 1. The Morgan fingerprint density at radius 3 is 2.50 bits per heavy atom. The van der Waals surface area contributed by atoms with Gasteiger partial charge in [-0.1, -0.05) is 6.92 Å². The molecule has 0 unspecified atom stereocenters. The molecule has 1 amide bonds. The average Bonchev–Trinajstić information content (AvgIpc) is 2.82. The smallest absolute Gasteiger partial charge is 0.406 e. The molecule has 1 aliphatic rings. The Bertz CT molecular complexity index is 1400. The summed E-state index contributed by atoms with van der Waals surface area (Å²) in [7, 11) is 0. The lowest BCUT2D eigenvalue weighted by Gasteiger charge is -2.29. The maximum Gasteiger partial charge on any atom is 0.573 e. The number of aryl methyl sites for hydroxylation is 1. The minimum Gasteiger partial charge on any atom is -0.406 e. The zero-order valence-corrected chi connectivity index (χ0v) is 19.5. The molecule has 13 heteroatoms. The molecule has 0 radical (unpaired) electrons. The summed E-state index contributed by atoms with van der Waals surface area (Å²) in [4.78, 5) is 43.8. The van der Waals surface area contributed by atoms with Crippen molar-refractivity contribution in [1.82, 2.24) is 24.2 Å². The highest BCUT2D eigenvalue weighted by atomic mass is 19.4. The van der Waals surface area contributed by atoms with Gasteiger partial charge in [0.1, 0.15) is 11.4 Å². The first kappa shape index (κ1) is 24.9. The van der Waals surface area contributed by atoms with Gasteiger partial charge in [-0.05, 0) is 37.1 Å². The van der Waals surface area contributed by atoms with Crippen LogP contribution in [0.5, 0.6) is 5.75 Å². The van der Waals surface area contributed by atoms with E-state index in [1.54, 1.807) is 0 Å². The van der Waals surface area contributed by atoms with Crippen LogP contribution in [0.25, 0.3) is 5.69 Å². The van der Waals surface area contributed by atoms with Crippen LogP contribution >= 0.6 is 0 Å². The summed E-state index contributed by atoms with van der Waals surface area (Å²) in [5.41, 5.74) is 0.317. The van der Waals surface area contributed by atoms with E-state index in [9.17, 15) is 27.6 Å². The monoisotopic (exact) mass is 504 g/mol. The third-order valence-corrected chi connectivity index (χ3v) is 5.66. The van der Waals surface area contributed by atoms with Gasteiger partial charge in [0.05, 0.1) is 24.8 Å². The van der Waals surface area contributed by atoms with Crippen LogP contribution in [0.4, 0.5) is 24.7 Å². The van der Waals surface area contributed by atoms with Crippen molar-refractivity contribution in [3.63, 3.8) is 0 Å². The molecule has 1 aliphatic heterocycles. The Labute approximate surface area is 202 Å². The van der Waals surface area contributed by atoms with E-state index in [0.717, 1.165) is 23.2 Å². The number of hydrogen-bond acceptors (Lipinski definition) is 7. The first-order valence-corrected chi connectivity index (χ1v) is 11.2. The number of carbonyl (C=O) groups is 1. The molecule has 36 heavy (non-hydrogen) atoms. The number of hydrogen-bond donors (Lipinski definition) is 1. The van der Waals surface area contributed by atoms with Gasteiger partial charge in [-0.3, -0.25) is 19.0 Å². The molecule has 1 N–H and O–H groups in total. The number of alkyl halides is 3. The summed E-state index contributed by atoms with van der Waals surface area (Å²) in [6, 6.07) is 4.65. The van der Waals surface area contributed by atoms with Crippen molar-refractivity contribution >= 4 is 17.4 Å². The van der Waals surface area contributed by atoms with Crippen LogP contribution in [-0.2, 0) is 24.3 Å². The lowest BCUT2D eigenvalue weighted by molar-refractivity contribution is -0.274.